The highest BCUT2D eigenvalue weighted by atomic mass is 32.1. The maximum absolute atomic E-state index is 4.90. The number of hydrogen-bond donors (Lipinski definition) is 0. The minimum Gasteiger partial charge on any atom is -0.308 e. The van der Waals surface area contributed by atoms with Gasteiger partial charge >= 0.3 is 0 Å². The molecule has 4 aromatic heterocycles. The maximum Gasteiger partial charge on any atom is 0.157 e. The van der Waals surface area contributed by atoms with Gasteiger partial charge in [0.25, 0.3) is 0 Å². The summed E-state index contributed by atoms with van der Waals surface area (Å²) in [4.78, 5) is 10.9. The highest BCUT2D eigenvalue weighted by Crippen LogP contribution is 2.39. The first kappa shape index (κ1) is 24.7. The Kier molecular flexibility index (Phi) is 6.81. The number of pyridine rings is 1. The molecule has 0 saturated heterocycles. The number of rotatable bonds is 2. The summed E-state index contributed by atoms with van der Waals surface area (Å²) >= 11 is 1.73. The number of hydrogen-bond acceptors (Lipinski definition) is 3. The molecule has 4 heterocycles. The van der Waals surface area contributed by atoms with Gasteiger partial charge in [0, 0.05) is 22.0 Å². The van der Waals surface area contributed by atoms with Gasteiger partial charge in [-0.05, 0) is 49.7 Å². The highest BCUT2D eigenvalue weighted by molar-refractivity contribution is 7.23. The zero-order valence-electron chi connectivity index (χ0n) is 22.3. The zero-order chi connectivity index (χ0) is 26.1. The van der Waals surface area contributed by atoms with Crippen molar-refractivity contribution in [2.24, 2.45) is 0 Å². The van der Waals surface area contributed by atoms with Gasteiger partial charge in [0.2, 0.25) is 0 Å². The number of fused-ring (bicyclic) bond motifs is 6. The molecule has 186 valence electrons. The van der Waals surface area contributed by atoms with Crippen LogP contribution >= 0.6 is 11.3 Å². The molecule has 0 unspecified atom stereocenters. The number of thiazole rings is 1. The van der Waals surface area contributed by atoms with Gasteiger partial charge in [-0.15, -0.1) is 11.3 Å². The molecule has 0 atom stereocenters. The van der Waals surface area contributed by atoms with Crippen molar-refractivity contribution in [3.63, 3.8) is 0 Å². The number of para-hydroxylation sites is 3. The molecule has 0 N–H and O–H groups in total. The first-order valence-electron chi connectivity index (χ1n) is 13.0. The van der Waals surface area contributed by atoms with Crippen LogP contribution in [0.3, 0.4) is 0 Å². The molecule has 0 bridgehead atoms. The van der Waals surface area contributed by atoms with E-state index < -0.39 is 0 Å². The minimum atomic E-state index is 0.926. The van der Waals surface area contributed by atoms with Gasteiger partial charge in [-0.25, -0.2) is 9.97 Å². The second-order valence-electron chi connectivity index (χ2n) is 8.47. The Morgan fingerprint density at radius 2 is 1.35 bits per heavy atom. The van der Waals surface area contributed by atoms with Crippen LogP contribution in [-0.2, 0) is 0 Å². The Morgan fingerprint density at radius 3 is 2.03 bits per heavy atom. The van der Waals surface area contributed by atoms with Gasteiger partial charge in [0.15, 0.2) is 5.65 Å². The van der Waals surface area contributed by atoms with Crippen LogP contribution in [0.1, 0.15) is 39.0 Å². The van der Waals surface area contributed by atoms with Crippen LogP contribution < -0.4 is 0 Å². The molecule has 4 nitrogen and oxygen atoms in total. The van der Waals surface area contributed by atoms with Gasteiger partial charge < -0.3 is 4.57 Å². The van der Waals surface area contributed by atoms with E-state index in [0.717, 1.165) is 33.2 Å². The van der Waals surface area contributed by atoms with Crippen molar-refractivity contribution in [1.29, 1.82) is 0 Å². The summed E-state index contributed by atoms with van der Waals surface area (Å²) in [6.07, 6.45) is 1.97. The molecule has 0 saturated carbocycles. The molecular weight excluding hydrogens is 472 g/mol. The van der Waals surface area contributed by atoms with Crippen LogP contribution in [0, 0.1) is 13.8 Å². The molecule has 3 aromatic carbocycles. The van der Waals surface area contributed by atoms with E-state index in [0.29, 0.717) is 0 Å². The molecule has 5 heteroatoms. The predicted octanol–water partition coefficient (Wildman–Crippen LogP) is 9.38. The van der Waals surface area contributed by atoms with E-state index in [9.17, 15) is 0 Å². The predicted molar refractivity (Wildman–Crippen MR) is 160 cm³/mol. The molecule has 0 radical (unpaired) electrons. The fraction of sp³-hybridized carbons (Fsp3) is 0.188. The summed E-state index contributed by atoms with van der Waals surface area (Å²) in [6, 6.07) is 28.0. The van der Waals surface area contributed by atoms with E-state index in [1.165, 1.54) is 32.1 Å². The summed E-state index contributed by atoms with van der Waals surface area (Å²) in [7, 11) is 0. The number of aromatic nitrogens is 4. The third-order valence-corrected chi connectivity index (χ3v) is 7.45. The normalized spacial score (nSPS) is 11.0. The standard InChI is InChI=1S/C28H20N4S.2C2H6/c1-17-8-7-11-21(27-29-16-25-32(27)28-24(33-25)15-14-18(2)30-28)26(17)31-22-12-5-3-9-19(22)20-10-4-6-13-23(20)31;2*1-2/h3-16H,1-2H3;2*1-2H3. The van der Waals surface area contributed by atoms with E-state index >= 15 is 0 Å². The van der Waals surface area contributed by atoms with Crippen molar-refractivity contribution in [3.8, 4) is 17.1 Å². The fourth-order valence-electron chi connectivity index (χ4n) is 4.99. The van der Waals surface area contributed by atoms with E-state index in [1.807, 2.05) is 40.8 Å². The topological polar surface area (TPSA) is 35.1 Å². The average Bonchev–Trinajstić information content (AvgIpc) is 3.62. The van der Waals surface area contributed by atoms with Crippen LogP contribution in [0.15, 0.2) is 85.1 Å². The number of aryl methyl sites for hydroxylation is 2. The quantitative estimate of drug-likeness (QED) is 0.235. The van der Waals surface area contributed by atoms with Crippen LogP contribution in [0.4, 0.5) is 0 Å². The molecule has 7 aromatic rings. The molecule has 0 aliphatic rings. The van der Waals surface area contributed by atoms with Crippen molar-refractivity contribution >= 4 is 48.3 Å². The van der Waals surface area contributed by atoms with Gasteiger partial charge in [-0.2, -0.15) is 0 Å². The van der Waals surface area contributed by atoms with Crippen LogP contribution in [-0.4, -0.2) is 18.9 Å². The summed E-state index contributed by atoms with van der Waals surface area (Å²) in [5.74, 6) is 0.926. The smallest absolute Gasteiger partial charge is 0.157 e. The van der Waals surface area contributed by atoms with E-state index in [4.69, 9.17) is 9.97 Å². The largest absolute Gasteiger partial charge is 0.308 e. The van der Waals surface area contributed by atoms with Crippen molar-refractivity contribution in [1.82, 2.24) is 18.9 Å². The molecule has 0 amide bonds. The van der Waals surface area contributed by atoms with E-state index in [1.54, 1.807) is 11.3 Å². The first-order valence-corrected chi connectivity index (χ1v) is 13.8. The zero-order valence-corrected chi connectivity index (χ0v) is 23.1. The Morgan fingerprint density at radius 1 is 0.703 bits per heavy atom. The molecule has 7 rings (SSSR count). The summed E-state index contributed by atoms with van der Waals surface area (Å²) < 4.78 is 5.77. The second-order valence-corrected chi connectivity index (χ2v) is 9.53. The molecule has 0 aliphatic heterocycles. The lowest BCUT2D eigenvalue weighted by Crippen LogP contribution is -2.02. The Balaban J connectivity index is 0.000000670. The fourth-order valence-corrected chi connectivity index (χ4v) is 5.94. The second kappa shape index (κ2) is 10.2. The van der Waals surface area contributed by atoms with Crippen LogP contribution in [0.5, 0.6) is 0 Å². The Bertz CT molecular complexity index is 1800. The molecular formula is C32H32N4S. The lowest BCUT2D eigenvalue weighted by Gasteiger charge is -2.16. The number of imidazole rings is 1. The third kappa shape index (κ3) is 3.91. The monoisotopic (exact) mass is 504 g/mol. The minimum absolute atomic E-state index is 0.926. The van der Waals surface area contributed by atoms with Crippen molar-refractivity contribution < 1.29 is 0 Å². The van der Waals surface area contributed by atoms with Crippen molar-refractivity contribution in [3.05, 3.63) is 96.3 Å². The van der Waals surface area contributed by atoms with Crippen molar-refractivity contribution in [2.45, 2.75) is 41.5 Å². The van der Waals surface area contributed by atoms with E-state index in [-0.39, 0.29) is 0 Å². The number of benzene rings is 3. The summed E-state index contributed by atoms with van der Waals surface area (Å²) in [6.45, 7) is 12.2. The van der Waals surface area contributed by atoms with Crippen molar-refractivity contribution in [2.75, 3.05) is 0 Å². The first-order chi connectivity index (χ1) is 18.2. The van der Waals surface area contributed by atoms with Crippen LogP contribution in [0.25, 0.3) is 54.1 Å². The Labute approximate surface area is 221 Å². The molecule has 37 heavy (non-hydrogen) atoms. The van der Waals surface area contributed by atoms with Gasteiger partial charge in [-0.1, -0.05) is 76.2 Å². The highest BCUT2D eigenvalue weighted by Gasteiger charge is 2.21. The molecule has 0 fully saturated rings. The Hall–Kier alpha value is -3.96. The maximum atomic E-state index is 4.90. The lowest BCUT2D eigenvalue weighted by molar-refractivity contribution is 1.11. The molecule has 0 spiro atoms. The molecule has 0 aliphatic carbocycles. The average molecular weight is 505 g/mol. The van der Waals surface area contributed by atoms with Gasteiger partial charge in [0.1, 0.15) is 10.7 Å². The lowest BCUT2D eigenvalue weighted by atomic mass is 10.1. The summed E-state index contributed by atoms with van der Waals surface area (Å²) in [5, 5.41) is 2.52. The summed E-state index contributed by atoms with van der Waals surface area (Å²) in [5.41, 5.74) is 7.85. The van der Waals surface area contributed by atoms with E-state index in [2.05, 4.69) is 94.8 Å². The van der Waals surface area contributed by atoms with Gasteiger partial charge in [0.05, 0.1) is 27.6 Å². The van der Waals surface area contributed by atoms with Crippen LogP contribution in [0.2, 0.25) is 0 Å². The number of nitrogens with zero attached hydrogens (tertiary/aromatic N) is 4. The SMILES string of the molecule is CC.CC.Cc1ccc2sc3cnc(-c4cccc(C)c4-n4c5ccccc5c5ccccc54)n3c2n1. The van der Waals surface area contributed by atoms with Gasteiger partial charge in [-0.3, -0.25) is 4.40 Å². The third-order valence-electron chi connectivity index (χ3n) is 6.42.